The quantitative estimate of drug-likeness (QED) is 0.669. The molecular formula is C13H20N2O4. The van der Waals surface area contributed by atoms with Crippen LogP contribution in [0.2, 0.25) is 0 Å². The second-order valence-electron chi connectivity index (χ2n) is 4.14. The summed E-state index contributed by atoms with van der Waals surface area (Å²) in [6.07, 6.45) is 0.601. The second-order valence-corrected chi connectivity index (χ2v) is 4.14. The highest BCUT2D eigenvalue weighted by Crippen LogP contribution is 2.22. The van der Waals surface area contributed by atoms with Gasteiger partial charge in [0.25, 0.3) is 5.91 Å². The molecule has 0 radical (unpaired) electrons. The van der Waals surface area contributed by atoms with Crippen molar-refractivity contribution in [2.24, 2.45) is 5.73 Å². The number of ether oxygens (including phenoxy) is 2. The van der Waals surface area contributed by atoms with Gasteiger partial charge in [-0.2, -0.15) is 0 Å². The van der Waals surface area contributed by atoms with Crippen LogP contribution in [0.3, 0.4) is 0 Å². The van der Waals surface area contributed by atoms with E-state index in [4.69, 9.17) is 15.2 Å². The number of nitrogens with two attached hydrogens (primary N) is 1. The third-order valence-electron chi connectivity index (χ3n) is 2.63. The molecule has 0 saturated heterocycles. The van der Waals surface area contributed by atoms with Crippen molar-refractivity contribution >= 4 is 5.91 Å². The number of hydrogen-bond acceptors (Lipinski definition) is 5. The Kier molecular flexibility index (Phi) is 6.11. The average Bonchev–Trinajstić information content (AvgIpc) is 2.39. The number of hydrogen-bond donors (Lipinski definition) is 3. The summed E-state index contributed by atoms with van der Waals surface area (Å²) in [7, 11) is 3.07. The SMILES string of the molecule is COCC(N)CCNC(=O)c1cc(OC)ccc1O. The maximum Gasteiger partial charge on any atom is 0.255 e. The summed E-state index contributed by atoms with van der Waals surface area (Å²) in [4.78, 5) is 11.9. The molecule has 4 N–H and O–H groups in total. The van der Waals surface area contributed by atoms with Gasteiger partial charge in [0.1, 0.15) is 11.5 Å². The first-order valence-corrected chi connectivity index (χ1v) is 5.98. The Labute approximate surface area is 112 Å². The lowest BCUT2D eigenvalue weighted by atomic mass is 10.1. The Balaban J connectivity index is 2.53. The first-order chi connectivity index (χ1) is 9.08. The molecule has 0 aliphatic carbocycles. The first-order valence-electron chi connectivity index (χ1n) is 5.98. The van der Waals surface area contributed by atoms with Crippen molar-refractivity contribution < 1.29 is 19.4 Å². The minimum Gasteiger partial charge on any atom is -0.507 e. The van der Waals surface area contributed by atoms with Gasteiger partial charge >= 0.3 is 0 Å². The van der Waals surface area contributed by atoms with Gasteiger partial charge in [0, 0.05) is 19.7 Å². The molecule has 6 nitrogen and oxygen atoms in total. The van der Waals surface area contributed by atoms with E-state index in [9.17, 15) is 9.90 Å². The molecule has 1 atom stereocenters. The van der Waals surface area contributed by atoms with Gasteiger partial charge in [0.15, 0.2) is 0 Å². The lowest BCUT2D eigenvalue weighted by Crippen LogP contribution is -2.32. The van der Waals surface area contributed by atoms with Crippen LogP contribution in [-0.4, -0.2) is 44.4 Å². The van der Waals surface area contributed by atoms with Gasteiger partial charge in [-0.3, -0.25) is 4.79 Å². The van der Waals surface area contributed by atoms with E-state index in [0.717, 1.165) is 0 Å². The number of rotatable bonds is 7. The standard InChI is InChI=1S/C13H20N2O4/c1-18-8-9(14)5-6-15-13(17)11-7-10(19-2)3-4-12(11)16/h3-4,7,9,16H,5-6,8,14H2,1-2H3,(H,15,17). The Bertz CT molecular complexity index is 423. The molecule has 0 fully saturated rings. The highest BCUT2D eigenvalue weighted by Gasteiger charge is 2.12. The van der Waals surface area contributed by atoms with Crippen molar-refractivity contribution in [2.75, 3.05) is 27.4 Å². The van der Waals surface area contributed by atoms with Gasteiger partial charge in [-0.25, -0.2) is 0 Å². The van der Waals surface area contributed by atoms with Crippen LogP contribution < -0.4 is 15.8 Å². The molecule has 0 aliphatic heterocycles. The molecule has 0 bridgehead atoms. The van der Waals surface area contributed by atoms with Crippen molar-refractivity contribution in [3.63, 3.8) is 0 Å². The zero-order valence-corrected chi connectivity index (χ0v) is 11.2. The minimum atomic E-state index is -0.360. The molecule has 0 heterocycles. The number of amides is 1. The van der Waals surface area contributed by atoms with Crippen molar-refractivity contribution in [2.45, 2.75) is 12.5 Å². The van der Waals surface area contributed by atoms with Crippen molar-refractivity contribution in [1.82, 2.24) is 5.32 Å². The summed E-state index contributed by atoms with van der Waals surface area (Å²) >= 11 is 0. The number of aromatic hydroxyl groups is 1. The second kappa shape index (κ2) is 7.60. The Morgan fingerprint density at radius 2 is 2.21 bits per heavy atom. The summed E-state index contributed by atoms with van der Waals surface area (Å²) in [6.45, 7) is 0.861. The summed E-state index contributed by atoms with van der Waals surface area (Å²) < 4.78 is 9.91. The van der Waals surface area contributed by atoms with Gasteiger partial charge < -0.3 is 25.6 Å². The van der Waals surface area contributed by atoms with Crippen LogP contribution in [-0.2, 0) is 4.74 Å². The normalized spacial score (nSPS) is 11.9. The van der Waals surface area contributed by atoms with Crippen LogP contribution >= 0.6 is 0 Å². The molecule has 0 aliphatic rings. The fourth-order valence-corrected chi connectivity index (χ4v) is 1.59. The van der Waals surface area contributed by atoms with Crippen molar-refractivity contribution in [1.29, 1.82) is 0 Å². The topological polar surface area (TPSA) is 93.8 Å². The van der Waals surface area contributed by atoms with Gasteiger partial charge in [0.2, 0.25) is 0 Å². The van der Waals surface area contributed by atoms with Crippen molar-refractivity contribution in [3.05, 3.63) is 23.8 Å². The summed E-state index contributed by atoms with van der Waals surface area (Å²) in [6, 6.07) is 4.37. The fraction of sp³-hybridized carbons (Fsp3) is 0.462. The van der Waals surface area contributed by atoms with E-state index in [2.05, 4.69) is 5.32 Å². The maximum absolute atomic E-state index is 11.9. The molecule has 1 aromatic rings. The molecule has 0 saturated carbocycles. The molecule has 1 rings (SSSR count). The number of carbonyl (C=O) groups excluding carboxylic acids is 1. The minimum absolute atomic E-state index is 0.0838. The summed E-state index contributed by atoms with van der Waals surface area (Å²) in [5, 5.41) is 12.3. The average molecular weight is 268 g/mol. The molecule has 0 spiro atoms. The zero-order chi connectivity index (χ0) is 14.3. The number of benzene rings is 1. The van der Waals surface area contributed by atoms with Crippen LogP contribution in [0.1, 0.15) is 16.8 Å². The van der Waals surface area contributed by atoms with Gasteiger partial charge in [-0.1, -0.05) is 0 Å². The van der Waals surface area contributed by atoms with E-state index in [1.54, 1.807) is 13.2 Å². The summed E-state index contributed by atoms with van der Waals surface area (Å²) in [5.41, 5.74) is 5.92. The Morgan fingerprint density at radius 1 is 1.47 bits per heavy atom. The van der Waals surface area contributed by atoms with Gasteiger partial charge in [-0.15, -0.1) is 0 Å². The first kappa shape index (κ1) is 15.3. The Hall–Kier alpha value is -1.79. The molecule has 106 valence electrons. The molecule has 1 unspecified atom stereocenters. The monoisotopic (exact) mass is 268 g/mol. The van der Waals surface area contributed by atoms with E-state index in [-0.39, 0.29) is 23.3 Å². The summed E-state index contributed by atoms with van der Waals surface area (Å²) in [5.74, 6) is 0.0690. The van der Waals surface area contributed by atoms with Crippen LogP contribution in [0, 0.1) is 0 Å². The lowest BCUT2D eigenvalue weighted by molar-refractivity contribution is 0.0947. The van der Waals surface area contributed by atoms with Crippen LogP contribution in [0.25, 0.3) is 0 Å². The maximum atomic E-state index is 11.9. The van der Waals surface area contributed by atoms with Gasteiger partial charge in [0.05, 0.1) is 19.3 Å². The molecule has 1 aromatic carbocycles. The third-order valence-corrected chi connectivity index (χ3v) is 2.63. The number of methoxy groups -OCH3 is 2. The van der Waals surface area contributed by atoms with E-state index in [0.29, 0.717) is 25.3 Å². The smallest absolute Gasteiger partial charge is 0.255 e. The highest BCUT2D eigenvalue weighted by atomic mass is 16.5. The fourth-order valence-electron chi connectivity index (χ4n) is 1.59. The number of phenolic OH excluding ortho intramolecular Hbond substituents is 1. The van der Waals surface area contributed by atoms with Crippen LogP contribution in [0.5, 0.6) is 11.5 Å². The van der Waals surface area contributed by atoms with E-state index in [1.165, 1.54) is 19.2 Å². The molecule has 19 heavy (non-hydrogen) atoms. The highest BCUT2D eigenvalue weighted by molar-refractivity contribution is 5.97. The zero-order valence-electron chi connectivity index (χ0n) is 11.2. The molecule has 0 aromatic heterocycles. The lowest BCUT2D eigenvalue weighted by Gasteiger charge is -2.12. The van der Waals surface area contributed by atoms with E-state index >= 15 is 0 Å². The van der Waals surface area contributed by atoms with E-state index < -0.39 is 0 Å². The predicted octanol–water partition coefficient (Wildman–Crippen LogP) is 0.494. The van der Waals surface area contributed by atoms with E-state index in [1.807, 2.05) is 0 Å². The molecular weight excluding hydrogens is 248 g/mol. The number of phenols is 1. The molecule has 6 heteroatoms. The van der Waals surface area contributed by atoms with Crippen LogP contribution in [0.15, 0.2) is 18.2 Å². The molecule has 1 amide bonds. The Morgan fingerprint density at radius 3 is 2.84 bits per heavy atom. The predicted molar refractivity (Wildman–Crippen MR) is 71.5 cm³/mol. The van der Waals surface area contributed by atoms with Crippen molar-refractivity contribution in [3.8, 4) is 11.5 Å². The number of nitrogens with one attached hydrogen (secondary N) is 1. The van der Waals surface area contributed by atoms with Gasteiger partial charge in [-0.05, 0) is 24.6 Å². The number of carbonyl (C=O) groups is 1. The largest absolute Gasteiger partial charge is 0.507 e. The van der Waals surface area contributed by atoms with Crippen LogP contribution in [0.4, 0.5) is 0 Å². The third kappa shape index (κ3) is 4.76.